The van der Waals surface area contributed by atoms with Crippen LogP contribution in [0.2, 0.25) is 0 Å². The SMILES string of the molecule is CCC(=O)O[C@H]1O[C@H](c2cccc(O[C@H]3O[C@H](COC(C)=O)[C@@H](OC(C)=O)[C@H](OC(C)=O)[C@@H]3OC(C)=O)c2)[C@@H](OC(C)=O)[C@@H](OC(C)=O)[C@H]1OC(C)=O. The molecule has 53 heavy (non-hydrogen) atoms. The lowest BCUT2D eigenvalue weighted by atomic mass is 9.93. The molecule has 0 unspecified atom stereocenters. The first-order valence-corrected chi connectivity index (χ1v) is 16.3. The molecule has 0 radical (unpaired) electrons. The molecule has 0 N–H and O–H groups in total. The molecule has 292 valence electrons. The van der Waals surface area contributed by atoms with Crippen LogP contribution < -0.4 is 4.74 Å². The largest absolute Gasteiger partial charge is 0.463 e. The third kappa shape index (κ3) is 12.1. The monoisotopic (exact) mass is 754 g/mol. The Kier molecular flexibility index (Phi) is 15.1. The van der Waals surface area contributed by atoms with Crippen LogP contribution in [0.25, 0.3) is 0 Å². The lowest BCUT2D eigenvalue weighted by Crippen LogP contribution is -2.63. The van der Waals surface area contributed by atoms with E-state index in [9.17, 15) is 38.4 Å². The highest BCUT2D eigenvalue weighted by Gasteiger charge is 2.55. The molecule has 0 bridgehead atoms. The lowest BCUT2D eigenvalue weighted by Gasteiger charge is -2.44. The summed E-state index contributed by atoms with van der Waals surface area (Å²) < 4.78 is 61.4. The van der Waals surface area contributed by atoms with Crippen LogP contribution in [0, 0.1) is 0 Å². The Morgan fingerprint density at radius 2 is 1.02 bits per heavy atom. The summed E-state index contributed by atoms with van der Waals surface area (Å²) in [5.74, 6) is -6.58. The fourth-order valence-corrected chi connectivity index (χ4v) is 5.53. The number of esters is 8. The van der Waals surface area contributed by atoms with Crippen LogP contribution in [0.5, 0.6) is 5.75 Å². The number of carbonyl (C=O) groups excluding carboxylic acids is 8. The molecule has 10 atom stereocenters. The van der Waals surface area contributed by atoms with Crippen molar-refractivity contribution in [3.8, 4) is 5.75 Å². The molecule has 2 fully saturated rings. The van der Waals surface area contributed by atoms with Gasteiger partial charge in [0.1, 0.15) is 24.6 Å². The minimum atomic E-state index is -1.66. The van der Waals surface area contributed by atoms with E-state index in [1.807, 2.05) is 0 Å². The van der Waals surface area contributed by atoms with E-state index in [4.69, 9.17) is 52.1 Å². The molecule has 2 heterocycles. The zero-order valence-corrected chi connectivity index (χ0v) is 30.3. The predicted octanol–water partition coefficient (Wildman–Crippen LogP) is 1.29. The molecule has 3 rings (SSSR count). The summed E-state index contributed by atoms with van der Waals surface area (Å²) >= 11 is 0. The molecule has 2 aliphatic rings. The van der Waals surface area contributed by atoms with Gasteiger partial charge in [0, 0.05) is 54.9 Å². The average Bonchev–Trinajstić information content (AvgIpc) is 3.04. The molecule has 19 heteroatoms. The molecule has 1 aromatic rings. The molecular weight excluding hydrogens is 712 g/mol. The zero-order chi connectivity index (χ0) is 39.6. The van der Waals surface area contributed by atoms with Crippen LogP contribution in [0.15, 0.2) is 24.3 Å². The van der Waals surface area contributed by atoms with Gasteiger partial charge in [-0.3, -0.25) is 38.4 Å². The molecule has 0 saturated carbocycles. The quantitative estimate of drug-likeness (QED) is 0.204. The van der Waals surface area contributed by atoms with E-state index in [2.05, 4.69) is 0 Å². The normalized spacial score (nSPS) is 27.8. The van der Waals surface area contributed by atoms with Crippen molar-refractivity contribution in [2.45, 2.75) is 123 Å². The summed E-state index contributed by atoms with van der Waals surface area (Å²) in [5, 5.41) is 0. The van der Waals surface area contributed by atoms with Crippen LogP contribution in [-0.4, -0.2) is 110 Å². The van der Waals surface area contributed by atoms with Gasteiger partial charge in [-0.2, -0.15) is 0 Å². The van der Waals surface area contributed by atoms with Gasteiger partial charge in [0.25, 0.3) is 0 Å². The first-order chi connectivity index (χ1) is 24.9. The van der Waals surface area contributed by atoms with Gasteiger partial charge >= 0.3 is 47.8 Å². The molecular formula is C34H42O19. The highest BCUT2D eigenvalue weighted by Crippen LogP contribution is 2.39. The number of hydrogen-bond acceptors (Lipinski definition) is 19. The maximum absolute atomic E-state index is 12.4. The summed E-state index contributed by atoms with van der Waals surface area (Å²) in [6, 6.07) is 5.76. The topological polar surface area (TPSA) is 238 Å². The highest BCUT2D eigenvalue weighted by molar-refractivity contribution is 5.71. The maximum Gasteiger partial charge on any atom is 0.307 e. The van der Waals surface area contributed by atoms with Gasteiger partial charge < -0.3 is 52.1 Å². The standard InChI is InChI=1S/C34H42O19/c1-9-25(42)52-34-32(49-21(8)41)30(47-19(6)39)28(45-17(4)37)26(53-34)22-11-10-12-23(13-22)50-33-31(48-20(7)40)29(46-18(5)38)27(44-16(3)36)24(51-33)14-43-15(2)35/h10-13,24,26-34H,9,14H2,1-8H3/t24-,26-,27-,28-,29+,30-,31+,32-,33+,34+/m1/s1. The Bertz CT molecular complexity index is 1540. The van der Waals surface area contributed by atoms with Gasteiger partial charge in [-0.15, -0.1) is 0 Å². The van der Waals surface area contributed by atoms with E-state index < -0.39 is 116 Å². The van der Waals surface area contributed by atoms with Crippen molar-refractivity contribution in [1.82, 2.24) is 0 Å². The Balaban J connectivity index is 2.12. The van der Waals surface area contributed by atoms with E-state index in [1.165, 1.54) is 31.2 Å². The smallest absolute Gasteiger partial charge is 0.307 e. The summed E-state index contributed by atoms with van der Waals surface area (Å²) in [7, 11) is 0. The molecule has 0 amide bonds. The Hall–Kier alpha value is -5.30. The third-order valence-corrected chi connectivity index (χ3v) is 7.32. The number of hydrogen-bond donors (Lipinski definition) is 0. The van der Waals surface area contributed by atoms with E-state index in [0.717, 1.165) is 48.5 Å². The molecule has 0 aromatic heterocycles. The van der Waals surface area contributed by atoms with Crippen molar-refractivity contribution in [1.29, 1.82) is 0 Å². The Labute approximate surface area is 303 Å². The Morgan fingerprint density at radius 1 is 0.547 bits per heavy atom. The van der Waals surface area contributed by atoms with E-state index in [1.54, 1.807) is 0 Å². The molecule has 0 spiro atoms. The summed E-state index contributed by atoms with van der Waals surface area (Å²) in [6.45, 7) is 8.53. The van der Waals surface area contributed by atoms with Crippen LogP contribution in [-0.2, 0) is 85.7 Å². The molecule has 1 aromatic carbocycles. The number of benzene rings is 1. The van der Waals surface area contributed by atoms with E-state index in [0.29, 0.717) is 0 Å². The number of carbonyl (C=O) groups is 8. The first-order valence-electron chi connectivity index (χ1n) is 16.3. The van der Waals surface area contributed by atoms with E-state index >= 15 is 0 Å². The van der Waals surface area contributed by atoms with Gasteiger partial charge in [0.05, 0.1) is 0 Å². The number of ether oxygens (including phenoxy) is 11. The second-order valence-corrected chi connectivity index (χ2v) is 11.7. The lowest BCUT2D eigenvalue weighted by molar-refractivity contribution is -0.298. The minimum Gasteiger partial charge on any atom is -0.463 e. The van der Waals surface area contributed by atoms with Crippen LogP contribution in [0.1, 0.15) is 73.5 Å². The Morgan fingerprint density at radius 3 is 1.53 bits per heavy atom. The molecule has 2 aliphatic heterocycles. The highest BCUT2D eigenvalue weighted by atomic mass is 16.8. The van der Waals surface area contributed by atoms with Crippen molar-refractivity contribution in [2.75, 3.05) is 6.61 Å². The van der Waals surface area contributed by atoms with Crippen LogP contribution >= 0.6 is 0 Å². The fraction of sp³-hybridized carbons (Fsp3) is 0.588. The van der Waals surface area contributed by atoms with Crippen molar-refractivity contribution >= 4 is 47.8 Å². The number of rotatable bonds is 13. The summed E-state index contributed by atoms with van der Waals surface area (Å²) in [5.41, 5.74) is 0.176. The molecule has 19 nitrogen and oxygen atoms in total. The fourth-order valence-electron chi connectivity index (χ4n) is 5.53. The zero-order valence-electron chi connectivity index (χ0n) is 30.3. The molecule has 0 aliphatic carbocycles. The second kappa shape index (κ2) is 19.0. The first kappa shape index (κ1) is 42.1. The van der Waals surface area contributed by atoms with Gasteiger partial charge in [-0.25, -0.2) is 0 Å². The second-order valence-electron chi connectivity index (χ2n) is 11.7. The summed E-state index contributed by atoms with van der Waals surface area (Å²) in [6.07, 6.45) is -15.2. The van der Waals surface area contributed by atoms with Crippen LogP contribution in [0.3, 0.4) is 0 Å². The van der Waals surface area contributed by atoms with Crippen molar-refractivity contribution in [3.05, 3.63) is 29.8 Å². The van der Waals surface area contributed by atoms with Crippen molar-refractivity contribution < 1.29 is 90.5 Å². The minimum absolute atomic E-state index is 0.0261. The predicted molar refractivity (Wildman–Crippen MR) is 170 cm³/mol. The maximum atomic E-state index is 12.4. The van der Waals surface area contributed by atoms with Gasteiger partial charge in [0.15, 0.2) is 24.4 Å². The van der Waals surface area contributed by atoms with Gasteiger partial charge in [-0.1, -0.05) is 19.1 Å². The van der Waals surface area contributed by atoms with Crippen molar-refractivity contribution in [2.24, 2.45) is 0 Å². The average molecular weight is 755 g/mol. The third-order valence-electron chi connectivity index (χ3n) is 7.32. The molecule has 2 saturated heterocycles. The van der Waals surface area contributed by atoms with Gasteiger partial charge in [-0.05, 0) is 17.7 Å². The van der Waals surface area contributed by atoms with Crippen molar-refractivity contribution in [3.63, 3.8) is 0 Å². The summed E-state index contributed by atoms with van der Waals surface area (Å²) in [4.78, 5) is 97.4. The van der Waals surface area contributed by atoms with Gasteiger partial charge in [0.2, 0.25) is 24.8 Å². The van der Waals surface area contributed by atoms with Crippen LogP contribution in [0.4, 0.5) is 0 Å². The van der Waals surface area contributed by atoms with E-state index in [-0.39, 0.29) is 17.7 Å².